The number of fused-ring (bicyclic) bond motifs is 1. The van der Waals surface area contributed by atoms with E-state index < -0.39 is 6.09 Å². The van der Waals surface area contributed by atoms with Gasteiger partial charge in [-0.05, 0) is 71.5 Å². The van der Waals surface area contributed by atoms with E-state index in [1.165, 1.54) is 6.92 Å². The first-order valence-electron chi connectivity index (χ1n) is 9.64. The Hall–Kier alpha value is -2.93. The van der Waals surface area contributed by atoms with Crippen molar-refractivity contribution in [2.45, 2.75) is 32.3 Å². The molecule has 0 bridgehead atoms. The summed E-state index contributed by atoms with van der Waals surface area (Å²) in [6, 6.07) is 7.54. The summed E-state index contributed by atoms with van der Waals surface area (Å²) in [4.78, 5) is 38.0. The van der Waals surface area contributed by atoms with Crippen LogP contribution < -0.4 is 10.2 Å². The highest BCUT2D eigenvalue weighted by Crippen LogP contribution is 2.30. The van der Waals surface area contributed by atoms with Gasteiger partial charge in [0, 0.05) is 23.7 Å². The van der Waals surface area contributed by atoms with E-state index in [4.69, 9.17) is 4.74 Å². The van der Waals surface area contributed by atoms with Crippen molar-refractivity contribution in [3.8, 4) is 0 Å². The van der Waals surface area contributed by atoms with E-state index in [0.29, 0.717) is 12.1 Å². The number of anilines is 1. The first kappa shape index (κ1) is 19.4. The molecule has 0 saturated carbocycles. The van der Waals surface area contributed by atoms with Gasteiger partial charge in [0.1, 0.15) is 6.10 Å². The predicted octanol–water partition coefficient (Wildman–Crippen LogP) is 3.81. The molecule has 0 unspecified atom stereocenters. The number of allylic oxidation sites excluding steroid dienone is 1. The summed E-state index contributed by atoms with van der Waals surface area (Å²) < 4.78 is 5.34. The number of Topliss-reactive ketones (excluding diaryl/α,β-unsaturated/α-hetero) is 1. The minimum Gasteiger partial charge on any atom is -0.442 e. The molecule has 2 heterocycles. The van der Waals surface area contributed by atoms with Crippen molar-refractivity contribution in [3.63, 3.8) is 0 Å². The molecule has 1 saturated heterocycles. The average Bonchev–Trinajstić information content (AvgIpc) is 3.31. The number of hydrogen-bond acceptors (Lipinski definition) is 5. The Labute approximate surface area is 173 Å². The van der Waals surface area contributed by atoms with E-state index in [9.17, 15) is 14.4 Å². The predicted molar refractivity (Wildman–Crippen MR) is 112 cm³/mol. The summed E-state index contributed by atoms with van der Waals surface area (Å²) >= 11 is 1.61. The van der Waals surface area contributed by atoms with Crippen LogP contribution >= 0.6 is 11.3 Å². The molecule has 1 atom stereocenters. The number of rotatable bonds is 4. The van der Waals surface area contributed by atoms with Crippen molar-refractivity contribution < 1.29 is 19.1 Å². The van der Waals surface area contributed by atoms with Crippen LogP contribution in [-0.4, -0.2) is 37.0 Å². The molecule has 150 valence electrons. The van der Waals surface area contributed by atoms with Gasteiger partial charge in [-0.2, -0.15) is 11.3 Å². The summed E-state index contributed by atoms with van der Waals surface area (Å²) in [5, 5.41) is 6.71. The van der Waals surface area contributed by atoms with Gasteiger partial charge in [-0.25, -0.2) is 4.79 Å². The average molecular weight is 410 g/mol. The van der Waals surface area contributed by atoms with Crippen LogP contribution in [0.5, 0.6) is 0 Å². The van der Waals surface area contributed by atoms with Crippen molar-refractivity contribution in [2.75, 3.05) is 18.0 Å². The number of aryl methyl sites for hydroxylation is 1. The lowest BCUT2D eigenvalue weighted by atomic mass is 9.98. The Morgan fingerprint density at radius 1 is 1.31 bits per heavy atom. The Bertz CT molecular complexity index is 981. The molecule has 1 aromatic heterocycles. The maximum atomic E-state index is 13.1. The van der Waals surface area contributed by atoms with Crippen molar-refractivity contribution in [1.29, 1.82) is 0 Å². The summed E-state index contributed by atoms with van der Waals surface area (Å²) in [6.45, 7) is 2.09. The third kappa shape index (κ3) is 4.24. The molecule has 1 N–H and O–H groups in total. The molecule has 29 heavy (non-hydrogen) atoms. The van der Waals surface area contributed by atoms with Gasteiger partial charge in [-0.1, -0.05) is 0 Å². The SMILES string of the molecule is CC(=O)NC[C@H]1CN(c2ccc3c(c2)CCC/C(=C\c2ccsc2)C3=O)C(=O)O1. The lowest BCUT2D eigenvalue weighted by Gasteiger charge is -2.15. The minimum atomic E-state index is -0.432. The molecule has 2 aromatic rings. The molecule has 0 spiro atoms. The third-order valence-corrected chi connectivity index (χ3v) is 5.87. The van der Waals surface area contributed by atoms with Gasteiger partial charge >= 0.3 is 6.09 Å². The molecule has 7 heteroatoms. The Balaban J connectivity index is 1.55. The maximum Gasteiger partial charge on any atom is 0.414 e. The van der Waals surface area contributed by atoms with Gasteiger partial charge in [0.05, 0.1) is 13.1 Å². The molecule has 0 radical (unpaired) electrons. The molecule has 1 fully saturated rings. The number of ether oxygens (including phenoxy) is 1. The molecule has 4 rings (SSSR count). The van der Waals surface area contributed by atoms with E-state index in [1.54, 1.807) is 22.3 Å². The minimum absolute atomic E-state index is 0.0581. The summed E-state index contributed by atoms with van der Waals surface area (Å²) in [6.07, 6.45) is 3.57. The summed E-state index contributed by atoms with van der Waals surface area (Å²) in [7, 11) is 0. The standard InChI is InChI=1S/C22H22N2O4S/c1-14(25)23-11-19-12-24(22(27)28-19)18-5-6-20-16(10-18)3-2-4-17(21(20)26)9-15-7-8-29-13-15/h5-10,13,19H,2-4,11-12H2,1H3,(H,23,25)/b17-9+/t19-/m0/s1. The van der Waals surface area contributed by atoms with E-state index in [2.05, 4.69) is 5.32 Å². The highest BCUT2D eigenvalue weighted by Gasteiger charge is 2.33. The Morgan fingerprint density at radius 2 is 2.17 bits per heavy atom. The second kappa shape index (κ2) is 8.21. The fourth-order valence-electron chi connectivity index (χ4n) is 3.72. The number of carbonyl (C=O) groups excluding carboxylic acids is 3. The van der Waals surface area contributed by atoms with Gasteiger partial charge < -0.3 is 10.1 Å². The zero-order valence-electron chi connectivity index (χ0n) is 16.1. The number of cyclic esters (lactones) is 1. The van der Waals surface area contributed by atoms with Gasteiger partial charge in [0.2, 0.25) is 5.91 Å². The number of nitrogens with one attached hydrogen (secondary N) is 1. The van der Waals surface area contributed by atoms with E-state index in [1.807, 2.05) is 35.0 Å². The number of ketones is 1. The number of nitrogens with zero attached hydrogens (tertiary/aromatic N) is 1. The number of amides is 2. The van der Waals surface area contributed by atoms with E-state index >= 15 is 0 Å². The van der Waals surface area contributed by atoms with Crippen molar-refractivity contribution in [3.05, 3.63) is 57.3 Å². The quantitative estimate of drug-likeness (QED) is 0.614. The molecule has 6 nitrogen and oxygen atoms in total. The van der Waals surface area contributed by atoms with Crippen LogP contribution in [0.1, 0.15) is 41.3 Å². The molecule has 1 aliphatic carbocycles. The molecular formula is C22H22N2O4S. The van der Waals surface area contributed by atoms with Crippen molar-refractivity contribution in [2.24, 2.45) is 0 Å². The topological polar surface area (TPSA) is 75.7 Å². The van der Waals surface area contributed by atoms with Gasteiger partial charge in [0.15, 0.2) is 5.78 Å². The monoisotopic (exact) mass is 410 g/mol. The third-order valence-electron chi connectivity index (χ3n) is 5.17. The van der Waals surface area contributed by atoms with Gasteiger partial charge in [0.25, 0.3) is 0 Å². The second-order valence-corrected chi connectivity index (χ2v) is 8.08. The fourth-order valence-corrected chi connectivity index (χ4v) is 4.34. The largest absolute Gasteiger partial charge is 0.442 e. The van der Waals surface area contributed by atoms with Crippen LogP contribution in [0, 0.1) is 0 Å². The number of benzene rings is 1. The fraction of sp³-hybridized carbons (Fsp3) is 0.318. The maximum absolute atomic E-state index is 13.1. The Kier molecular flexibility index (Phi) is 5.49. The molecule has 2 aliphatic rings. The van der Waals surface area contributed by atoms with Crippen LogP contribution in [-0.2, 0) is 16.0 Å². The van der Waals surface area contributed by atoms with Crippen LogP contribution in [0.3, 0.4) is 0 Å². The van der Waals surface area contributed by atoms with Crippen LogP contribution in [0.25, 0.3) is 6.08 Å². The molecular weight excluding hydrogens is 388 g/mol. The van der Waals surface area contributed by atoms with Crippen molar-refractivity contribution >= 4 is 40.9 Å². The second-order valence-electron chi connectivity index (χ2n) is 7.30. The van der Waals surface area contributed by atoms with Gasteiger partial charge in [-0.3, -0.25) is 14.5 Å². The molecule has 1 aromatic carbocycles. The molecule has 1 aliphatic heterocycles. The summed E-state index contributed by atoms with van der Waals surface area (Å²) in [5.74, 6) is -0.0999. The highest BCUT2D eigenvalue weighted by atomic mass is 32.1. The van der Waals surface area contributed by atoms with Crippen molar-refractivity contribution in [1.82, 2.24) is 5.32 Å². The van der Waals surface area contributed by atoms with E-state index in [-0.39, 0.29) is 24.3 Å². The first-order chi connectivity index (χ1) is 14.0. The van der Waals surface area contributed by atoms with Crippen LogP contribution in [0.15, 0.2) is 40.6 Å². The lowest BCUT2D eigenvalue weighted by Crippen LogP contribution is -2.33. The van der Waals surface area contributed by atoms with Crippen LogP contribution in [0.4, 0.5) is 10.5 Å². The van der Waals surface area contributed by atoms with Gasteiger partial charge in [-0.15, -0.1) is 0 Å². The zero-order chi connectivity index (χ0) is 20.4. The van der Waals surface area contributed by atoms with Crippen LogP contribution in [0.2, 0.25) is 0 Å². The smallest absolute Gasteiger partial charge is 0.414 e. The number of thiophene rings is 1. The lowest BCUT2D eigenvalue weighted by molar-refractivity contribution is -0.119. The number of hydrogen-bond donors (Lipinski definition) is 1. The normalized spacial score (nSPS) is 20.4. The first-order valence-corrected chi connectivity index (χ1v) is 10.6. The molecule has 2 amide bonds. The van der Waals surface area contributed by atoms with E-state index in [0.717, 1.165) is 41.6 Å². The zero-order valence-corrected chi connectivity index (χ0v) is 17.0. The highest BCUT2D eigenvalue weighted by molar-refractivity contribution is 7.08. The number of carbonyl (C=O) groups is 3. The Morgan fingerprint density at radius 3 is 2.93 bits per heavy atom. The summed E-state index contributed by atoms with van der Waals surface area (Å²) in [5.41, 5.74) is 4.26.